The van der Waals surface area contributed by atoms with Crippen molar-refractivity contribution in [2.45, 2.75) is 13.5 Å². The maximum absolute atomic E-state index is 12.6. The molecular formula is C21H18N4O3S. The molecule has 1 aromatic heterocycles. The Morgan fingerprint density at radius 2 is 1.83 bits per heavy atom. The van der Waals surface area contributed by atoms with Gasteiger partial charge in [-0.25, -0.2) is 4.68 Å². The average Bonchev–Trinajstić information content (AvgIpc) is 3.27. The van der Waals surface area contributed by atoms with E-state index in [-0.39, 0.29) is 29.4 Å². The van der Waals surface area contributed by atoms with Gasteiger partial charge in [-0.3, -0.25) is 19.3 Å². The van der Waals surface area contributed by atoms with E-state index < -0.39 is 0 Å². The van der Waals surface area contributed by atoms with Gasteiger partial charge in [-0.1, -0.05) is 42.1 Å². The predicted octanol–water partition coefficient (Wildman–Crippen LogP) is 3.63. The Labute approximate surface area is 171 Å². The molecular weight excluding hydrogens is 388 g/mol. The largest absolute Gasteiger partial charge is 0.321 e. The molecule has 8 heteroatoms. The second-order valence-electron chi connectivity index (χ2n) is 6.60. The first-order chi connectivity index (χ1) is 14.0. The molecule has 2 aromatic carbocycles. The maximum Gasteiger partial charge on any atom is 0.289 e. The SMILES string of the molecule is Cc1cc(C(=O)Nc2ccc(CN3C(=O)CSC3=O)cc2)nn1-c1ccccc1. The van der Waals surface area contributed by atoms with Crippen molar-refractivity contribution < 1.29 is 14.4 Å². The summed E-state index contributed by atoms with van der Waals surface area (Å²) in [6, 6.07) is 18.4. The molecule has 0 unspecified atom stereocenters. The van der Waals surface area contributed by atoms with E-state index in [9.17, 15) is 14.4 Å². The molecule has 29 heavy (non-hydrogen) atoms. The van der Waals surface area contributed by atoms with E-state index in [0.29, 0.717) is 11.4 Å². The van der Waals surface area contributed by atoms with Gasteiger partial charge in [0.05, 0.1) is 18.0 Å². The zero-order valence-corrected chi connectivity index (χ0v) is 16.5. The molecule has 2 heterocycles. The molecule has 0 saturated carbocycles. The lowest BCUT2D eigenvalue weighted by molar-refractivity contribution is -0.125. The smallest absolute Gasteiger partial charge is 0.289 e. The predicted molar refractivity (Wildman–Crippen MR) is 111 cm³/mol. The first-order valence-corrected chi connectivity index (χ1v) is 9.99. The fraction of sp³-hybridized carbons (Fsp3) is 0.143. The summed E-state index contributed by atoms with van der Waals surface area (Å²) in [5, 5.41) is 7.00. The Morgan fingerprint density at radius 1 is 1.10 bits per heavy atom. The molecule has 1 saturated heterocycles. The lowest BCUT2D eigenvalue weighted by Crippen LogP contribution is -2.27. The molecule has 1 fully saturated rings. The van der Waals surface area contributed by atoms with Crippen LogP contribution in [0.4, 0.5) is 10.5 Å². The van der Waals surface area contributed by atoms with Crippen molar-refractivity contribution in [3.8, 4) is 5.69 Å². The summed E-state index contributed by atoms with van der Waals surface area (Å²) < 4.78 is 1.72. The van der Waals surface area contributed by atoms with Crippen molar-refractivity contribution in [3.05, 3.63) is 77.6 Å². The lowest BCUT2D eigenvalue weighted by atomic mass is 10.2. The van der Waals surface area contributed by atoms with Gasteiger partial charge in [0.1, 0.15) is 0 Å². The third-order valence-electron chi connectivity index (χ3n) is 4.51. The highest BCUT2D eigenvalue weighted by atomic mass is 32.2. The number of nitrogens with one attached hydrogen (secondary N) is 1. The number of amides is 3. The number of hydrogen-bond donors (Lipinski definition) is 1. The van der Waals surface area contributed by atoms with Crippen LogP contribution in [-0.4, -0.2) is 37.5 Å². The highest BCUT2D eigenvalue weighted by Crippen LogP contribution is 2.22. The van der Waals surface area contributed by atoms with Crippen molar-refractivity contribution in [3.63, 3.8) is 0 Å². The van der Waals surface area contributed by atoms with Crippen molar-refractivity contribution in [1.82, 2.24) is 14.7 Å². The summed E-state index contributed by atoms with van der Waals surface area (Å²) in [5.74, 6) is -0.291. The molecule has 0 radical (unpaired) electrons. The van der Waals surface area contributed by atoms with E-state index in [1.54, 1.807) is 35.0 Å². The molecule has 0 atom stereocenters. The molecule has 0 aliphatic carbocycles. The summed E-state index contributed by atoms with van der Waals surface area (Å²) in [7, 11) is 0. The minimum absolute atomic E-state index is 0.179. The van der Waals surface area contributed by atoms with Crippen LogP contribution in [0.25, 0.3) is 5.69 Å². The Balaban J connectivity index is 1.44. The van der Waals surface area contributed by atoms with Gasteiger partial charge >= 0.3 is 0 Å². The summed E-state index contributed by atoms with van der Waals surface area (Å²) in [4.78, 5) is 37.2. The number of imide groups is 1. The lowest BCUT2D eigenvalue weighted by Gasteiger charge is -2.13. The van der Waals surface area contributed by atoms with E-state index in [0.717, 1.165) is 28.7 Å². The minimum atomic E-state index is -0.308. The Hall–Kier alpha value is -3.39. The van der Waals surface area contributed by atoms with Gasteiger partial charge in [-0.2, -0.15) is 5.10 Å². The number of aryl methyl sites for hydroxylation is 1. The highest BCUT2D eigenvalue weighted by molar-refractivity contribution is 8.14. The minimum Gasteiger partial charge on any atom is -0.321 e. The van der Waals surface area contributed by atoms with E-state index in [4.69, 9.17) is 0 Å². The number of thioether (sulfide) groups is 1. The summed E-state index contributed by atoms with van der Waals surface area (Å²) >= 11 is 1.01. The maximum atomic E-state index is 12.6. The van der Waals surface area contributed by atoms with Crippen molar-refractivity contribution in [2.75, 3.05) is 11.1 Å². The van der Waals surface area contributed by atoms with Crippen molar-refractivity contribution in [1.29, 1.82) is 0 Å². The zero-order chi connectivity index (χ0) is 20.4. The van der Waals surface area contributed by atoms with Crippen LogP contribution in [0.1, 0.15) is 21.7 Å². The fourth-order valence-corrected chi connectivity index (χ4v) is 3.75. The second-order valence-corrected chi connectivity index (χ2v) is 7.53. The van der Waals surface area contributed by atoms with Crippen LogP contribution in [0.5, 0.6) is 0 Å². The van der Waals surface area contributed by atoms with E-state index >= 15 is 0 Å². The fourth-order valence-electron chi connectivity index (χ4n) is 3.02. The molecule has 146 valence electrons. The zero-order valence-electron chi connectivity index (χ0n) is 15.7. The molecule has 4 rings (SSSR count). The van der Waals surface area contributed by atoms with Gasteiger partial charge in [0.15, 0.2) is 5.69 Å². The van der Waals surface area contributed by atoms with E-state index in [1.807, 2.05) is 37.3 Å². The average molecular weight is 406 g/mol. The number of aromatic nitrogens is 2. The molecule has 1 aliphatic heterocycles. The van der Waals surface area contributed by atoms with Crippen LogP contribution in [0.3, 0.4) is 0 Å². The molecule has 3 amide bonds. The number of rotatable bonds is 5. The monoisotopic (exact) mass is 406 g/mol. The normalized spacial score (nSPS) is 13.8. The van der Waals surface area contributed by atoms with E-state index in [2.05, 4.69) is 10.4 Å². The van der Waals surface area contributed by atoms with Crippen LogP contribution >= 0.6 is 11.8 Å². The van der Waals surface area contributed by atoms with Crippen LogP contribution in [0, 0.1) is 6.92 Å². The quantitative estimate of drug-likeness (QED) is 0.699. The third-order valence-corrected chi connectivity index (χ3v) is 5.37. The number of anilines is 1. The van der Waals surface area contributed by atoms with Crippen LogP contribution in [0.15, 0.2) is 60.7 Å². The summed E-state index contributed by atoms with van der Waals surface area (Å²) in [6.45, 7) is 2.13. The summed E-state index contributed by atoms with van der Waals surface area (Å²) in [6.07, 6.45) is 0. The number of carbonyl (C=O) groups excluding carboxylic acids is 3. The third kappa shape index (κ3) is 4.07. The van der Waals surface area contributed by atoms with Gasteiger partial charge in [0.25, 0.3) is 11.1 Å². The van der Waals surface area contributed by atoms with Crippen molar-refractivity contribution >= 4 is 34.5 Å². The first kappa shape index (κ1) is 18.9. The Kier molecular flexibility index (Phi) is 5.18. The van der Waals surface area contributed by atoms with Gasteiger partial charge in [-0.05, 0) is 42.8 Å². The number of nitrogens with zero attached hydrogens (tertiary/aromatic N) is 3. The van der Waals surface area contributed by atoms with E-state index in [1.165, 1.54) is 4.90 Å². The molecule has 1 aliphatic rings. The Morgan fingerprint density at radius 3 is 2.48 bits per heavy atom. The number of benzene rings is 2. The molecule has 7 nitrogen and oxygen atoms in total. The van der Waals surface area contributed by atoms with Crippen LogP contribution in [0.2, 0.25) is 0 Å². The molecule has 1 N–H and O–H groups in total. The number of hydrogen-bond acceptors (Lipinski definition) is 5. The highest BCUT2D eigenvalue weighted by Gasteiger charge is 2.29. The van der Waals surface area contributed by atoms with Gasteiger partial charge in [0.2, 0.25) is 5.91 Å². The van der Waals surface area contributed by atoms with Gasteiger partial charge in [0, 0.05) is 11.4 Å². The molecule has 3 aromatic rings. The van der Waals surface area contributed by atoms with Gasteiger partial charge in [-0.15, -0.1) is 0 Å². The molecule has 0 spiro atoms. The number of para-hydroxylation sites is 1. The van der Waals surface area contributed by atoms with Crippen LogP contribution in [-0.2, 0) is 11.3 Å². The van der Waals surface area contributed by atoms with Gasteiger partial charge < -0.3 is 5.32 Å². The standard InChI is InChI=1S/C21H18N4O3S/c1-14-11-18(23-25(14)17-5-3-2-4-6-17)20(27)22-16-9-7-15(8-10-16)12-24-19(26)13-29-21(24)28/h2-11H,12-13H2,1H3,(H,22,27). The van der Waals surface area contributed by atoms with Crippen LogP contribution < -0.4 is 5.32 Å². The molecule has 0 bridgehead atoms. The van der Waals surface area contributed by atoms with Crippen molar-refractivity contribution in [2.24, 2.45) is 0 Å². The summed E-state index contributed by atoms with van der Waals surface area (Å²) in [5.41, 5.74) is 3.49. The topological polar surface area (TPSA) is 84.3 Å². The Bertz CT molecular complexity index is 1060. The second kappa shape index (κ2) is 7.92. The number of carbonyl (C=O) groups is 3. The first-order valence-electron chi connectivity index (χ1n) is 9.01.